The molecule has 1 aromatic rings. The number of halogens is 1. The van der Waals surface area contributed by atoms with Gasteiger partial charge in [-0.1, -0.05) is 25.4 Å². The van der Waals surface area contributed by atoms with Crippen molar-refractivity contribution in [2.24, 2.45) is 17.4 Å². The Bertz CT molecular complexity index is 489. The van der Waals surface area contributed by atoms with E-state index >= 15 is 0 Å². The summed E-state index contributed by atoms with van der Waals surface area (Å²) in [6.07, 6.45) is 0.585. The van der Waals surface area contributed by atoms with Crippen LogP contribution in [-0.4, -0.2) is 17.9 Å². The second kappa shape index (κ2) is 6.54. The lowest BCUT2D eigenvalue weighted by molar-refractivity contribution is -0.117. The molecule has 1 rings (SSSR count). The number of rotatable bonds is 5. The zero-order chi connectivity index (χ0) is 14.6. The van der Waals surface area contributed by atoms with E-state index in [1.165, 1.54) is 12.1 Å². The van der Waals surface area contributed by atoms with Crippen molar-refractivity contribution in [3.05, 3.63) is 28.8 Å². The molecule has 0 radical (unpaired) electrons. The molecule has 5 nitrogen and oxygen atoms in total. The van der Waals surface area contributed by atoms with Crippen molar-refractivity contribution in [1.82, 2.24) is 0 Å². The van der Waals surface area contributed by atoms with Crippen LogP contribution in [0.1, 0.15) is 30.6 Å². The van der Waals surface area contributed by atoms with E-state index < -0.39 is 11.9 Å². The highest BCUT2D eigenvalue weighted by atomic mass is 35.5. The molecular weight excluding hydrogens is 266 g/mol. The van der Waals surface area contributed by atoms with Crippen molar-refractivity contribution in [1.29, 1.82) is 0 Å². The molecule has 0 aromatic heterocycles. The summed E-state index contributed by atoms with van der Waals surface area (Å²) in [6.45, 7) is 3.97. The number of benzene rings is 1. The van der Waals surface area contributed by atoms with Gasteiger partial charge in [-0.2, -0.15) is 0 Å². The molecule has 104 valence electrons. The van der Waals surface area contributed by atoms with Crippen LogP contribution in [0.5, 0.6) is 0 Å². The fourth-order valence-electron chi connectivity index (χ4n) is 1.64. The van der Waals surface area contributed by atoms with E-state index in [2.05, 4.69) is 5.32 Å². The van der Waals surface area contributed by atoms with Gasteiger partial charge in [-0.3, -0.25) is 9.59 Å². The molecule has 0 aliphatic heterocycles. The number of carbonyl (C=O) groups is 2. The van der Waals surface area contributed by atoms with E-state index in [4.69, 9.17) is 23.1 Å². The monoisotopic (exact) mass is 283 g/mol. The second-order valence-electron chi connectivity index (χ2n) is 4.78. The Kier molecular flexibility index (Phi) is 5.32. The average molecular weight is 284 g/mol. The number of nitrogens with one attached hydrogen (secondary N) is 1. The van der Waals surface area contributed by atoms with Crippen LogP contribution in [0.25, 0.3) is 0 Å². The van der Waals surface area contributed by atoms with Crippen molar-refractivity contribution < 1.29 is 9.59 Å². The van der Waals surface area contributed by atoms with E-state index in [0.717, 1.165) is 0 Å². The molecule has 6 heteroatoms. The molecular formula is C13H18ClN3O2. The van der Waals surface area contributed by atoms with Gasteiger partial charge in [0.1, 0.15) is 0 Å². The Hall–Kier alpha value is -1.59. The van der Waals surface area contributed by atoms with Crippen molar-refractivity contribution in [2.45, 2.75) is 26.3 Å². The normalized spacial score (nSPS) is 12.3. The minimum Gasteiger partial charge on any atom is -0.366 e. The summed E-state index contributed by atoms with van der Waals surface area (Å²) in [5.74, 6) is -0.619. The number of nitrogens with two attached hydrogens (primary N) is 2. The molecule has 0 saturated heterocycles. The minimum atomic E-state index is -0.646. The Labute approximate surface area is 117 Å². The topological polar surface area (TPSA) is 98.2 Å². The number of anilines is 1. The molecule has 19 heavy (non-hydrogen) atoms. The zero-order valence-corrected chi connectivity index (χ0v) is 11.7. The van der Waals surface area contributed by atoms with Gasteiger partial charge in [-0.05, 0) is 30.5 Å². The van der Waals surface area contributed by atoms with Gasteiger partial charge in [0.2, 0.25) is 11.8 Å². The molecule has 0 aliphatic carbocycles. The summed E-state index contributed by atoms with van der Waals surface area (Å²) in [6, 6.07) is 3.94. The zero-order valence-electron chi connectivity index (χ0n) is 10.9. The quantitative estimate of drug-likeness (QED) is 0.768. The molecule has 0 fully saturated rings. The standard InChI is InChI=1S/C13H18ClN3O2/c1-7(2)5-11(15)13(19)17-8-3-4-10(14)9(6-8)12(16)18/h3-4,6-7,11H,5,15H2,1-2H3,(H2,16,18)(H,17,19). The van der Waals surface area contributed by atoms with Crippen LogP contribution in [0.2, 0.25) is 5.02 Å². The SMILES string of the molecule is CC(C)CC(N)C(=O)Nc1ccc(Cl)c(C(N)=O)c1. The number of primary amides is 1. The molecule has 1 aromatic carbocycles. The number of carbonyl (C=O) groups excluding carboxylic acids is 2. The van der Waals surface area contributed by atoms with Crippen LogP contribution in [-0.2, 0) is 4.79 Å². The molecule has 0 saturated carbocycles. The first kappa shape index (κ1) is 15.5. The third-order valence-electron chi connectivity index (χ3n) is 2.56. The van der Waals surface area contributed by atoms with Crippen LogP contribution in [0.3, 0.4) is 0 Å². The lowest BCUT2D eigenvalue weighted by Gasteiger charge is -2.14. The summed E-state index contributed by atoms with van der Waals surface area (Å²) in [4.78, 5) is 23.0. The van der Waals surface area contributed by atoms with E-state index in [1.807, 2.05) is 13.8 Å². The predicted molar refractivity (Wildman–Crippen MR) is 76.0 cm³/mol. The Morgan fingerprint density at radius 2 is 2.00 bits per heavy atom. The van der Waals surface area contributed by atoms with Crippen LogP contribution in [0.15, 0.2) is 18.2 Å². The van der Waals surface area contributed by atoms with Crippen LogP contribution < -0.4 is 16.8 Å². The van der Waals surface area contributed by atoms with E-state index in [1.54, 1.807) is 6.07 Å². The van der Waals surface area contributed by atoms with E-state index in [0.29, 0.717) is 18.0 Å². The first-order valence-corrected chi connectivity index (χ1v) is 6.35. The Morgan fingerprint density at radius 3 is 2.53 bits per heavy atom. The van der Waals surface area contributed by atoms with Gasteiger partial charge >= 0.3 is 0 Å². The van der Waals surface area contributed by atoms with E-state index in [9.17, 15) is 9.59 Å². The van der Waals surface area contributed by atoms with Crippen LogP contribution >= 0.6 is 11.6 Å². The summed E-state index contributed by atoms with van der Waals surface area (Å²) in [5, 5.41) is 2.89. The van der Waals surface area contributed by atoms with Crippen molar-refractivity contribution in [3.63, 3.8) is 0 Å². The maximum atomic E-state index is 11.8. The van der Waals surface area contributed by atoms with Gasteiger partial charge in [-0.25, -0.2) is 0 Å². The van der Waals surface area contributed by atoms with Gasteiger partial charge < -0.3 is 16.8 Å². The number of amides is 2. The molecule has 2 amide bonds. The third kappa shape index (κ3) is 4.54. The molecule has 0 heterocycles. The smallest absolute Gasteiger partial charge is 0.250 e. The lowest BCUT2D eigenvalue weighted by atomic mass is 10.0. The second-order valence-corrected chi connectivity index (χ2v) is 5.19. The summed E-state index contributed by atoms with van der Waals surface area (Å²) in [7, 11) is 0. The van der Waals surface area contributed by atoms with Crippen LogP contribution in [0.4, 0.5) is 5.69 Å². The van der Waals surface area contributed by atoms with Gasteiger partial charge in [-0.15, -0.1) is 0 Å². The molecule has 1 unspecified atom stereocenters. The number of hydrogen-bond acceptors (Lipinski definition) is 3. The van der Waals surface area contributed by atoms with Gasteiger partial charge in [0, 0.05) is 5.69 Å². The predicted octanol–water partition coefficient (Wildman–Crippen LogP) is 1.75. The van der Waals surface area contributed by atoms with Gasteiger partial charge in [0.25, 0.3) is 0 Å². The van der Waals surface area contributed by atoms with E-state index in [-0.39, 0.29) is 16.5 Å². The molecule has 1 atom stereocenters. The molecule has 0 bridgehead atoms. The summed E-state index contributed by atoms with van der Waals surface area (Å²) < 4.78 is 0. The lowest BCUT2D eigenvalue weighted by Crippen LogP contribution is -2.36. The van der Waals surface area contributed by atoms with Crippen molar-refractivity contribution in [2.75, 3.05) is 5.32 Å². The largest absolute Gasteiger partial charge is 0.366 e. The first-order valence-electron chi connectivity index (χ1n) is 5.97. The fraction of sp³-hybridized carbons (Fsp3) is 0.385. The fourth-order valence-corrected chi connectivity index (χ4v) is 1.85. The average Bonchev–Trinajstić information content (AvgIpc) is 2.30. The number of hydrogen-bond donors (Lipinski definition) is 3. The highest BCUT2D eigenvalue weighted by molar-refractivity contribution is 6.34. The highest BCUT2D eigenvalue weighted by Crippen LogP contribution is 2.20. The maximum Gasteiger partial charge on any atom is 0.250 e. The Balaban J connectivity index is 2.80. The summed E-state index contributed by atoms with van der Waals surface area (Å²) in [5.41, 5.74) is 11.6. The third-order valence-corrected chi connectivity index (χ3v) is 2.89. The Morgan fingerprint density at radius 1 is 1.37 bits per heavy atom. The minimum absolute atomic E-state index is 0.164. The van der Waals surface area contributed by atoms with Crippen LogP contribution in [0, 0.1) is 5.92 Å². The molecule has 5 N–H and O–H groups in total. The maximum absolute atomic E-state index is 11.8. The highest BCUT2D eigenvalue weighted by Gasteiger charge is 2.16. The van der Waals surface area contributed by atoms with Gasteiger partial charge in [0.05, 0.1) is 16.6 Å². The van der Waals surface area contributed by atoms with Crippen molar-refractivity contribution in [3.8, 4) is 0 Å². The van der Waals surface area contributed by atoms with Gasteiger partial charge in [0.15, 0.2) is 0 Å². The molecule has 0 spiro atoms. The first-order chi connectivity index (χ1) is 8.81. The summed E-state index contributed by atoms with van der Waals surface area (Å²) >= 11 is 5.82. The molecule has 0 aliphatic rings. The van der Waals surface area contributed by atoms with Crippen molar-refractivity contribution >= 4 is 29.1 Å².